The summed E-state index contributed by atoms with van der Waals surface area (Å²) < 4.78 is 0. The molecule has 0 aliphatic heterocycles. The first-order chi connectivity index (χ1) is 6.45. The fourth-order valence-electron chi connectivity index (χ4n) is 1.52. The summed E-state index contributed by atoms with van der Waals surface area (Å²) in [6, 6.07) is 8.36. The molecule has 0 unspecified atom stereocenters. The molecule has 13 heavy (non-hydrogen) atoms. The first-order valence-corrected chi connectivity index (χ1v) is 4.70. The number of hydrogen-bond donors (Lipinski definition) is 2. The molecule has 0 radical (unpaired) electrons. The van der Waals surface area contributed by atoms with Crippen LogP contribution in [0.25, 0.3) is 0 Å². The minimum absolute atomic E-state index is 1.13. The van der Waals surface area contributed by atoms with Crippen molar-refractivity contribution in [3.05, 3.63) is 48.0 Å². The molecule has 2 N–H and O–H groups in total. The van der Waals surface area contributed by atoms with Gasteiger partial charge in [-0.05, 0) is 43.5 Å². The Hall–Kier alpha value is -1.44. The highest BCUT2D eigenvalue weighted by molar-refractivity contribution is 5.06. The molecular weight excluding hydrogens is 160 g/mol. The lowest BCUT2D eigenvalue weighted by Gasteiger charge is -1.97. The number of hydrogen-bond acceptors (Lipinski definition) is 0. The lowest BCUT2D eigenvalue weighted by Crippen LogP contribution is -1.89. The molecule has 2 aromatic rings. The fourth-order valence-corrected chi connectivity index (χ4v) is 1.52. The Kier molecular flexibility index (Phi) is 2.51. The maximum atomic E-state index is 3.21. The molecule has 68 valence electrons. The Morgan fingerprint density at radius 1 is 0.846 bits per heavy atom. The molecule has 0 saturated heterocycles. The number of aryl methyl sites for hydroxylation is 2. The third-order valence-corrected chi connectivity index (χ3v) is 2.22. The predicted octanol–water partition coefficient (Wildman–Crippen LogP) is 2.52. The van der Waals surface area contributed by atoms with Gasteiger partial charge in [0, 0.05) is 23.8 Å². The first kappa shape index (κ1) is 8.17. The summed E-state index contributed by atoms with van der Waals surface area (Å²) in [7, 11) is 0. The fraction of sp³-hybridized carbons (Fsp3) is 0.273. The molecule has 2 nitrogen and oxygen atoms in total. The molecule has 0 saturated carbocycles. The molecule has 2 aromatic heterocycles. The van der Waals surface area contributed by atoms with Gasteiger partial charge < -0.3 is 9.97 Å². The normalized spacial score (nSPS) is 10.5. The van der Waals surface area contributed by atoms with Gasteiger partial charge in [0.25, 0.3) is 0 Å². The van der Waals surface area contributed by atoms with Gasteiger partial charge in [0.15, 0.2) is 0 Å². The van der Waals surface area contributed by atoms with Crippen LogP contribution < -0.4 is 0 Å². The van der Waals surface area contributed by atoms with E-state index in [-0.39, 0.29) is 0 Å². The lowest BCUT2D eigenvalue weighted by molar-refractivity contribution is 0.790. The van der Waals surface area contributed by atoms with E-state index in [1.807, 2.05) is 24.5 Å². The molecule has 0 aliphatic carbocycles. The van der Waals surface area contributed by atoms with Gasteiger partial charge in [-0.1, -0.05) is 0 Å². The highest BCUT2D eigenvalue weighted by atomic mass is 14.7. The monoisotopic (exact) mass is 174 g/mol. The third kappa shape index (κ3) is 2.25. The number of H-pyrrole nitrogens is 2. The average Bonchev–Trinajstić information content (AvgIpc) is 2.75. The van der Waals surface area contributed by atoms with Crippen molar-refractivity contribution in [1.29, 1.82) is 0 Å². The highest BCUT2D eigenvalue weighted by Gasteiger charge is 1.95. The molecule has 2 heteroatoms. The van der Waals surface area contributed by atoms with E-state index in [2.05, 4.69) is 22.1 Å². The van der Waals surface area contributed by atoms with Crippen LogP contribution in [0, 0.1) is 0 Å². The maximum Gasteiger partial charge on any atom is 0.0147 e. The number of aromatic nitrogens is 2. The van der Waals surface area contributed by atoms with Gasteiger partial charge in [0.1, 0.15) is 0 Å². The second-order valence-electron chi connectivity index (χ2n) is 3.24. The van der Waals surface area contributed by atoms with Crippen molar-refractivity contribution in [2.24, 2.45) is 0 Å². The molecule has 2 heterocycles. The Balaban J connectivity index is 1.76. The summed E-state index contributed by atoms with van der Waals surface area (Å²) in [6.07, 6.45) is 7.41. The van der Waals surface area contributed by atoms with E-state index in [1.165, 1.54) is 17.8 Å². The van der Waals surface area contributed by atoms with E-state index in [0.717, 1.165) is 12.8 Å². The minimum Gasteiger partial charge on any atom is -0.365 e. The van der Waals surface area contributed by atoms with E-state index in [1.54, 1.807) is 0 Å². The molecule has 0 bridgehead atoms. The van der Waals surface area contributed by atoms with Crippen molar-refractivity contribution in [1.82, 2.24) is 9.97 Å². The van der Waals surface area contributed by atoms with Crippen LogP contribution in [0.2, 0.25) is 0 Å². The molecule has 0 amide bonds. The van der Waals surface area contributed by atoms with E-state index in [0.29, 0.717) is 0 Å². The van der Waals surface area contributed by atoms with Crippen molar-refractivity contribution in [2.75, 3.05) is 0 Å². The van der Waals surface area contributed by atoms with Crippen LogP contribution in [0.3, 0.4) is 0 Å². The van der Waals surface area contributed by atoms with Gasteiger partial charge in [0.2, 0.25) is 0 Å². The Labute approximate surface area is 78.0 Å². The first-order valence-electron chi connectivity index (χ1n) is 4.70. The van der Waals surface area contributed by atoms with Crippen molar-refractivity contribution in [2.45, 2.75) is 19.3 Å². The summed E-state index contributed by atoms with van der Waals surface area (Å²) in [5, 5.41) is 0. The van der Waals surface area contributed by atoms with Crippen molar-refractivity contribution < 1.29 is 0 Å². The Morgan fingerprint density at radius 3 is 1.77 bits per heavy atom. The minimum atomic E-state index is 1.13. The Morgan fingerprint density at radius 2 is 1.38 bits per heavy atom. The van der Waals surface area contributed by atoms with Gasteiger partial charge in [-0.3, -0.25) is 0 Å². The van der Waals surface area contributed by atoms with E-state index in [4.69, 9.17) is 0 Å². The van der Waals surface area contributed by atoms with E-state index in [9.17, 15) is 0 Å². The highest BCUT2D eigenvalue weighted by Crippen LogP contribution is 2.04. The SMILES string of the molecule is c1c[nH]c(CCCc2ccc[nH]2)c1. The second kappa shape index (κ2) is 3.99. The van der Waals surface area contributed by atoms with E-state index >= 15 is 0 Å². The van der Waals surface area contributed by atoms with Gasteiger partial charge in [-0.15, -0.1) is 0 Å². The van der Waals surface area contributed by atoms with Crippen LogP contribution >= 0.6 is 0 Å². The number of aromatic amines is 2. The van der Waals surface area contributed by atoms with E-state index < -0.39 is 0 Å². The zero-order chi connectivity index (χ0) is 8.93. The van der Waals surface area contributed by atoms with Gasteiger partial charge in [-0.25, -0.2) is 0 Å². The smallest absolute Gasteiger partial charge is 0.0147 e. The average molecular weight is 174 g/mol. The predicted molar refractivity (Wildman–Crippen MR) is 53.6 cm³/mol. The number of rotatable bonds is 4. The summed E-state index contributed by atoms with van der Waals surface area (Å²) in [5.41, 5.74) is 2.65. The zero-order valence-corrected chi connectivity index (χ0v) is 7.59. The van der Waals surface area contributed by atoms with Gasteiger partial charge in [-0.2, -0.15) is 0 Å². The van der Waals surface area contributed by atoms with Crippen LogP contribution in [-0.2, 0) is 12.8 Å². The van der Waals surface area contributed by atoms with Crippen LogP contribution in [0.5, 0.6) is 0 Å². The second-order valence-corrected chi connectivity index (χ2v) is 3.24. The molecule has 0 fully saturated rings. The van der Waals surface area contributed by atoms with Crippen molar-refractivity contribution in [3.63, 3.8) is 0 Å². The molecule has 2 rings (SSSR count). The molecule has 0 spiro atoms. The van der Waals surface area contributed by atoms with Crippen LogP contribution in [-0.4, -0.2) is 9.97 Å². The van der Waals surface area contributed by atoms with Gasteiger partial charge >= 0.3 is 0 Å². The largest absolute Gasteiger partial charge is 0.365 e. The summed E-state index contributed by atoms with van der Waals surface area (Å²) in [5.74, 6) is 0. The van der Waals surface area contributed by atoms with Crippen LogP contribution in [0.1, 0.15) is 17.8 Å². The molecular formula is C11H14N2. The van der Waals surface area contributed by atoms with Crippen LogP contribution in [0.4, 0.5) is 0 Å². The summed E-state index contributed by atoms with van der Waals surface area (Å²) >= 11 is 0. The Bertz CT molecular complexity index is 285. The molecule has 0 atom stereocenters. The molecule has 0 aromatic carbocycles. The third-order valence-electron chi connectivity index (χ3n) is 2.22. The summed E-state index contributed by atoms with van der Waals surface area (Å²) in [6.45, 7) is 0. The molecule has 0 aliphatic rings. The van der Waals surface area contributed by atoms with Crippen LogP contribution in [0.15, 0.2) is 36.7 Å². The zero-order valence-electron chi connectivity index (χ0n) is 7.59. The van der Waals surface area contributed by atoms with Gasteiger partial charge in [0.05, 0.1) is 0 Å². The summed E-state index contributed by atoms with van der Waals surface area (Å²) in [4.78, 5) is 6.41. The topological polar surface area (TPSA) is 31.6 Å². The lowest BCUT2D eigenvalue weighted by atomic mass is 10.1. The van der Waals surface area contributed by atoms with Crippen molar-refractivity contribution >= 4 is 0 Å². The van der Waals surface area contributed by atoms with Crippen molar-refractivity contribution in [3.8, 4) is 0 Å². The standard InChI is InChI=1S/C11H14N2/c1(4-10-6-2-8-12-10)5-11-7-3-9-13-11/h2-3,6-9,12-13H,1,4-5H2. The quantitative estimate of drug-likeness (QED) is 0.713. The number of nitrogens with one attached hydrogen (secondary N) is 2. The maximum absolute atomic E-state index is 3.21.